The third kappa shape index (κ3) is 3.49. The number of rotatable bonds is 4. The summed E-state index contributed by atoms with van der Waals surface area (Å²) in [4.78, 5) is 4.62. The molecule has 0 radical (unpaired) electrons. The molecule has 2 rings (SSSR count). The number of hydrogen-bond donors (Lipinski definition) is 2. The van der Waals surface area contributed by atoms with Crippen LogP contribution in [0.3, 0.4) is 0 Å². The lowest BCUT2D eigenvalue weighted by Gasteiger charge is -2.16. The summed E-state index contributed by atoms with van der Waals surface area (Å²) in [7, 11) is -0.325. The first kappa shape index (κ1) is 14.8. The Morgan fingerprint density at radius 1 is 1.40 bits per heavy atom. The minimum atomic E-state index is -3.38. The molecule has 0 aliphatic carbocycles. The maximum Gasteiger partial charge on any atom is 0.242 e. The summed E-state index contributed by atoms with van der Waals surface area (Å²) in [6, 6.07) is 6.94. The first-order valence-electron chi connectivity index (χ1n) is 6.54. The van der Waals surface area contributed by atoms with Crippen LogP contribution in [0.25, 0.3) is 0 Å². The van der Waals surface area contributed by atoms with Crippen molar-refractivity contribution in [3.8, 4) is 0 Å². The number of nitrogens with zero attached hydrogens (tertiary/aromatic N) is 2. The van der Waals surface area contributed by atoms with Crippen LogP contribution in [-0.2, 0) is 16.6 Å². The van der Waals surface area contributed by atoms with E-state index in [-0.39, 0.29) is 0 Å². The highest BCUT2D eigenvalue weighted by Gasteiger charge is 2.17. The van der Waals surface area contributed by atoms with Gasteiger partial charge >= 0.3 is 0 Å². The van der Waals surface area contributed by atoms with Crippen molar-refractivity contribution in [1.82, 2.24) is 14.9 Å². The Labute approximate surface area is 119 Å². The van der Waals surface area contributed by atoms with Gasteiger partial charge in [0.1, 0.15) is 0 Å². The highest BCUT2D eigenvalue weighted by Crippen LogP contribution is 2.14. The smallest absolute Gasteiger partial charge is 0.242 e. The molecule has 0 saturated heterocycles. The van der Waals surface area contributed by atoms with Crippen LogP contribution in [-0.4, -0.2) is 45.9 Å². The average molecular weight is 296 g/mol. The normalized spacial score (nSPS) is 15.7. The molecule has 1 aromatic rings. The van der Waals surface area contributed by atoms with Crippen LogP contribution in [0.15, 0.2) is 34.2 Å². The number of guanidine groups is 1. The third-order valence-electron chi connectivity index (χ3n) is 3.03. The SMILES string of the molecule is CN(C)S(=O)(=O)c1cccc(CNC2=NCCCN2)c1. The molecule has 1 aromatic carbocycles. The van der Waals surface area contributed by atoms with Crippen molar-refractivity contribution in [2.24, 2.45) is 4.99 Å². The lowest BCUT2D eigenvalue weighted by Crippen LogP contribution is -2.40. The van der Waals surface area contributed by atoms with Crippen molar-refractivity contribution in [3.63, 3.8) is 0 Å². The second kappa shape index (κ2) is 6.23. The van der Waals surface area contributed by atoms with E-state index in [0.29, 0.717) is 11.4 Å². The second-order valence-corrected chi connectivity index (χ2v) is 6.95. The van der Waals surface area contributed by atoms with Gasteiger partial charge in [-0.2, -0.15) is 0 Å². The molecule has 1 aliphatic heterocycles. The van der Waals surface area contributed by atoms with Gasteiger partial charge < -0.3 is 10.6 Å². The van der Waals surface area contributed by atoms with Gasteiger partial charge in [0.2, 0.25) is 10.0 Å². The first-order chi connectivity index (χ1) is 9.50. The molecule has 6 nitrogen and oxygen atoms in total. The van der Waals surface area contributed by atoms with Crippen molar-refractivity contribution >= 4 is 16.0 Å². The van der Waals surface area contributed by atoms with Crippen LogP contribution in [0.2, 0.25) is 0 Å². The van der Waals surface area contributed by atoms with Gasteiger partial charge in [-0.1, -0.05) is 12.1 Å². The minimum Gasteiger partial charge on any atom is -0.356 e. The lowest BCUT2D eigenvalue weighted by atomic mass is 10.2. The fraction of sp³-hybridized carbons (Fsp3) is 0.462. The first-order valence-corrected chi connectivity index (χ1v) is 7.98. The topological polar surface area (TPSA) is 73.8 Å². The predicted octanol–water partition coefficient (Wildman–Crippen LogP) is 0.376. The summed E-state index contributed by atoms with van der Waals surface area (Å²) in [5.74, 6) is 0.775. The van der Waals surface area contributed by atoms with E-state index in [1.54, 1.807) is 18.2 Å². The van der Waals surface area contributed by atoms with Crippen LogP contribution < -0.4 is 10.6 Å². The summed E-state index contributed by atoms with van der Waals surface area (Å²) in [5, 5.41) is 6.34. The molecule has 0 unspecified atom stereocenters. The number of aliphatic imine (C=N–C) groups is 1. The van der Waals surface area contributed by atoms with Gasteiger partial charge in [-0.05, 0) is 24.1 Å². The Bertz CT molecular complexity index is 596. The Morgan fingerprint density at radius 3 is 2.85 bits per heavy atom. The van der Waals surface area contributed by atoms with Gasteiger partial charge in [0.05, 0.1) is 4.90 Å². The van der Waals surface area contributed by atoms with Crippen LogP contribution in [0.1, 0.15) is 12.0 Å². The monoisotopic (exact) mass is 296 g/mol. The molecule has 0 saturated carbocycles. The quantitative estimate of drug-likeness (QED) is 0.842. The largest absolute Gasteiger partial charge is 0.356 e. The van der Waals surface area contributed by atoms with Gasteiger partial charge in [-0.3, -0.25) is 4.99 Å². The molecule has 2 N–H and O–H groups in total. The van der Waals surface area contributed by atoms with Crippen LogP contribution in [0.5, 0.6) is 0 Å². The van der Waals surface area contributed by atoms with E-state index in [0.717, 1.165) is 31.0 Å². The summed E-state index contributed by atoms with van der Waals surface area (Å²) < 4.78 is 25.3. The highest BCUT2D eigenvalue weighted by molar-refractivity contribution is 7.89. The molecule has 0 spiro atoms. The number of sulfonamides is 1. The van der Waals surface area contributed by atoms with E-state index in [4.69, 9.17) is 0 Å². The van der Waals surface area contributed by atoms with Crippen LogP contribution >= 0.6 is 0 Å². The van der Waals surface area contributed by atoms with Gasteiger partial charge in [0.25, 0.3) is 0 Å². The van der Waals surface area contributed by atoms with Gasteiger partial charge in [-0.25, -0.2) is 12.7 Å². The Hall–Kier alpha value is -1.60. The molecule has 1 aliphatic rings. The molecule has 20 heavy (non-hydrogen) atoms. The number of hydrogen-bond acceptors (Lipinski definition) is 5. The Kier molecular flexibility index (Phi) is 4.61. The van der Waals surface area contributed by atoms with Crippen molar-refractivity contribution in [1.29, 1.82) is 0 Å². The molecule has 0 bridgehead atoms. The molecule has 0 atom stereocenters. The van der Waals surface area contributed by atoms with E-state index < -0.39 is 10.0 Å². The predicted molar refractivity (Wildman–Crippen MR) is 79.1 cm³/mol. The minimum absolute atomic E-state index is 0.306. The van der Waals surface area contributed by atoms with E-state index in [1.165, 1.54) is 18.4 Å². The summed E-state index contributed by atoms with van der Waals surface area (Å²) in [5.41, 5.74) is 0.906. The van der Waals surface area contributed by atoms with E-state index in [1.807, 2.05) is 6.07 Å². The van der Waals surface area contributed by atoms with Crippen molar-refractivity contribution in [3.05, 3.63) is 29.8 Å². The van der Waals surface area contributed by atoms with E-state index >= 15 is 0 Å². The molecule has 0 aromatic heterocycles. The average Bonchev–Trinajstić information content (AvgIpc) is 2.46. The molecule has 1 heterocycles. The van der Waals surface area contributed by atoms with Crippen LogP contribution in [0, 0.1) is 0 Å². The third-order valence-corrected chi connectivity index (χ3v) is 4.85. The molecular weight excluding hydrogens is 276 g/mol. The second-order valence-electron chi connectivity index (χ2n) is 4.80. The molecule has 110 valence electrons. The van der Waals surface area contributed by atoms with Crippen molar-refractivity contribution < 1.29 is 8.42 Å². The zero-order chi connectivity index (χ0) is 14.6. The molecular formula is C13H20N4O2S. The highest BCUT2D eigenvalue weighted by atomic mass is 32.2. The number of benzene rings is 1. The molecule has 0 fully saturated rings. The van der Waals surface area contributed by atoms with Crippen molar-refractivity contribution in [2.75, 3.05) is 27.2 Å². The van der Waals surface area contributed by atoms with E-state index in [2.05, 4.69) is 15.6 Å². The summed E-state index contributed by atoms with van der Waals surface area (Å²) >= 11 is 0. The standard InChI is InChI=1S/C13H20N4O2S/c1-17(2)20(18,19)12-6-3-5-11(9-12)10-16-13-14-7-4-8-15-13/h3,5-6,9H,4,7-8,10H2,1-2H3,(H2,14,15,16). The maximum absolute atomic E-state index is 12.1. The van der Waals surface area contributed by atoms with Crippen LogP contribution in [0.4, 0.5) is 0 Å². The van der Waals surface area contributed by atoms with Gasteiger partial charge in [0.15, 0.2) is 5.96 Å². The van der Waals surface area contributed by atoms with Gasteiger partial charge in [-0.15, -0.1) is 0 Å². The summed E-state index contributed by atoms with van der Waals surface area (Å²) in [6.45, 7) is 2.29. The summed E-state index contributed by atoms with van der Waals surface area (Å²) in [6.07, 6.45) is 1.04. The maximum atomic E-state index is 12.1. The zero-order valence-corrected chi connectivity index (χ0v) is 12.6. The Morgan fingerprint density at radius 2 is 2.20 bits per heavy atom. The zero-order valence-electron chi connectivity index (χ0n) is 11.8. The number of nitrogens with one attached hydrogen (secondary N) is 2. The fourth-order valence-electron chi connectivity index (χ4n) is 1.86. The molecule has 7 heteroatoms. The fourth-order valence-corrected chi connectivity index (χ4v) is 2.84. The lowest BCUT2D eigenvalue weighted by molar-refractivity contribution is 0.520. The van der Waals surface area contributed by atoms with Crippen molar-refractivity contribution in [2.45, 2.75) is 17.9 Å². The molecule has 0 amide bonds. The Balaban J connectivity index is 2.08. The van der Waals surface area contributed by atoms with E-state index in [9.17, 15) is 8.42 Å². The van der Waals surface area contributed by atoms with Gasteiger partial charge in [0, 0.05) is 33.7 Å².